The van der Waals surface area contributed by atoms with E-state index in [9.17, 15) is 14.7 Å². The number of aromatic carboxylic acids is 1. The van der Waals surface area contributed by atoms with Gasteiger partial charge in [-0.25, -0.2) is 4.79 Å². The van der Waals surface area contributed by atoms with Crippen LogP contribution in [0.3, 0.4) is 0 Å². The lowest BCUT2D eigenvalue weighted by molar-refractivity contribution is 0.0698. The van der Waals surface area contributed by atoms with Crippen LogP contribution in [-0.4, -0.2) is 17.0 Å². The summed E-state index contributed by atoms with van der Waals surface area (Å²) >= 11 is 6.55. The molecule has 0 saturated carbocycles. The van der Waals surface area contributed by atoms with Crippen molar-refractivity contribution in [3.8, 4) is 0 Å². The average molecular weight is 413 g/mol. The molecule has 0 fully saturated rings. The third-order valence-electron chi connectivity index (χ3n) is 2.89. The van der Waals surface area contributed by atoms with Gasteiger partial charge in [-0.2, -0.15) is 0 Å². The van der Waals surface area contributed by atoms with Crippen molar-refractivity contribution in [2.45, 2.75) is 6.92 Å². The van der Waals surface area contributed by atoms with Crippen LogP contribution in [-0.2, 0) is 0 Å². The molecule has 0 aliphatic rings. The smallest absolute Gasteiger partial charge is 0.337 e. The Hall–Kier alpha value is -1.66. The van der Waals surface area contributed by atoms with Gasteiger partial charge in [-0.15, -0.1) is 0 Å². The van der Waals surface area contributed by atoms with Gasteiger partial charge in [-0.1, -0.05) is 31.9 Å². The second-order valence-corrected chi connectivity index (χ2v) is 6.24. The molecular weight excluding hydrogens is 402 g/mol. The highest BCUT2D eigenvalue weighted by atomic mass is 79.9. The van der Waals surface area contributed by atoms with Gasteiger partial charge >= 0.3 is 5.97 Å². The summed E-state index contributed by atoms with van der Waals surface area (Å²) in [6.45, 7) is 1.82. The summed E-state index contributed by atoms with van der Waals surface area (Å²) in [5.74, 6) is -1.44. The highest BCUT2D eigenvalue weighted by molar-refractivity contribution is 9.10. The van der Waals surface area contributed by atoms with Crippen molar-refractivity contribution in [3.05, 3.63) is 62.0 Å². The first-order valence-corrected chi connectivity index (χ1v) is 7.57. The van der Waals surface area contributed by atoms with Gasteiger partial charge in [0.25, 0.3) is 5.91 Å². The summed E-state index contributed by atoms with van der Waals surface area (Å²) in [6, 6.07) is 9.97. The van der Waals surface area contributed by atoms with Gasteiger partial charge in [0.05, 0.1) is 11.3 Å². The lowest BCUT2D eigenvalue weighted by Crippen LogP contribution is -2.16. The van der Waals surface area contributed by atoms with Crippen molar-refractivity contribution in [2.75, 3.05) is 5.32 Å². The molecule has 0 bridgehead atoms. The number of nitrogens with one attached hydrogen (secondary N) is 1. The number of carbonyl (C=O) groups excluding carboxylic acids is 1. The Morgan fingerprint density at radius 2 is 1.62 bits per heavy atom. The van der Waals surface area contributed by atoms with Crippen LogP contribution in [0.4, 0.5) is 5.69 Å². The normalized spacial score (nSPS) is 10.2. The molecule has 0 radical (unpaired) electrons. The monoisotopic (exact) mass is 411 g/mol. The molecule has 108 valence electrons. The van der Waals surface area contributed by atoms with Crippen molar-refractivity contribution >= 4 is 49.4 Å². The molecule has 0 atom stereocenters. The summed E-state index contributed by atoms with van der Waals surface area (Å²) in [6.07, 6.45) is 0. The first kappa shape index (κ1) is 15.7. The minimum absolute atomic E-state index is 0.0347. The SMILES string of the molecule is Cc1cc(Br)ccc1C(=O)Nc1ccc(Br)cc1C(=O)O. The Morgan fingerprint density at radius 3 is 2.24 bits per heavy atom. The molecule has 2 N–H and O–H groups in total. The number of benzene rings is 2. The predicted octanol–water partition coefficient (Wildman–Crippen LogP) is 4.47. The number of rotatable bonds is 3. The van der Waals surface area contributed by atoms with Gasteiger partial charge in [0.2, 0.25) is 0 Å². The molecule has 2 rings (SSSR count). The van der Waals surface area contributed by atoms with E-state index < -0.39 is 5.97 Å². The lowest BCUT2D eigenvalue weighted by atomic mass is 10.1. The van der Waals surface area contributed by atoms with Gasteiger partial charge < -0.3 is 10.4 Å². The predicted molar refractivity (Wildman–Crippen MR) is 87.9 cm³/mol. The second kappa shape index (κ2) is 6.41. The molecule has 2 aromatic rings. The molecule has 0 aromatic heterocycles. The Morgan fingerprint density at radius 1 is 1.00 bits per heavy atom. The van der Waals surface area contributed by atoms with E-state index in [0.29, 0.717) is 10.0 Å². The van der Waals surface area contributed by atoms with E-state index in [0.717, 1.165) is 10.0 Å². The molecule has 2 aromatic carbocycles. The zero-order valence-corrected chi connectivity index (χ0v) is 14.2. The molecule has 0 aliphatic heterocycles. The van der Waals surface area contributed by atoms with Crippen LogP contribution < -0.4 is 5.32 Å². The Balaban J connectivity index is 2.34. The van der Waals surface area contributed by atoms with Crippen LogP contribution in [0.1, 0.15) is 26.3 Å². The largest absolute Gasteiger partial charge is 0.478 e. The minimum atomic E-state index is -1.10. The summed E-state index contributed by atoms with van der Waals surface area (Å²) in [7, 11) is 0. The topological polar surface area (TPSA) is 66.4 Å². The van der Waals surface area contributed by atoms with E-state index in [1.54, 1.807) is 24.3 Å². The number of hydrogen-bond donors (Lipinski definition) is 2. The molecule has 4 nitrogen and oxygen atoms in total. The molecule has 0 unspecified atom stereocenters. The maximum Gasteiger partial charge on any atom is 0.337 e. The van der Waals surface area contributed by atoms with Gasteiger partial charge in [-0.05, 0) is 48.9 Å². The first-order valence-electron chi connectivity index (χ1n) is 5.99. The van der Waals surface area contributed by atoms with Gasteiger partial charge in [0, 0.05) is 14.5 Å². The van der Waals surface area contributed by atoms with Crippen LogP contribution in [0.25, 0.3) is 0 Å². The molecule has 1 amide bonds. The fourth-order valence-electron chi connectivity index (χ4n) is 1.87. The first-order chi connectivity index (χ1) is 9.88. The van der Waals surface area contributed by atoms with E-state index in [2.05, 4.69) is 37.2 Å². The van der Waals surface area contributed by atoms with Crippen LogP contribution in [0.2, 0.25) is 0 Å². The van der Waals surface area contributed by atoms with E-state index in [1.165, 1.54) is 6.07 Å². The van der Waals surface area contributed by atoms with E-state index in [-0.39, 0.29) is 17.2 Å². The number of carboxylic acids is 1. The summed E-state index contributed by atoms with van der Waals surface area (Å²) in [4.78, 5) is 23.5. The number of amides is 1. The van der Waals surface area contributed by atoms with Crippen LogP contribution in [0.15, 0.2) is 45.3 Å². The van der Waals surface area contributed by atoms with E-state index in [1.807, 2.05) is 13.0 Å². The molecular formula is C15H11Br2NO3. The summed E-state index contributed by atoms with van der Waals surface area (Å²) in [5, 5.41) is 11.8. The Labute approximate surface area is 138 Å². The minimum Gasteiger partial charge on any atom is -0.478 e. The quantitative estimate of drug-likeness (QED) is 0.781. The van der Waals surface area contributed by atoms with Crippen molar-refractivity contribution in [3.63, 3.8) is 0 Å². The molecule has 0 saturated heterocycles. The van der Waals surface area contributed by atoms with E-state index in [4.69, 9.17) is 0 Å². The van der Waals surface area contributed by atoms with Gasteiger partial charge in [0.1, 0.15) is 0 Å². The maximum atomic E-state index is 12.3. The lowest BCUT2D eigenvalue weighted by Gasteiger charge is -2.10. The van der Waals surface area contributed by atoms with Gasteiger partial charge in [0.15, 0.2) is 0 Å². The highest BCUT2D eigenvalue weighted by Gasteiger charge is 2.15. The highest BCUT2D eigenvalue weighted by Crippen LogP contribution is 2.23. The van der Waals surface area contributed by atoms with Crippen LogP contribution in [0.5, 0.6) is 0 Å². The standard InChI is InChI=1S/C15H11Br2NO3/c1-8-6-9(16)2-4-11(8)14(19)18-13-5-3-10(17)7-12(13)15(20)21/h2-7H,1H3,(H,18,19)(H,20,21). The summed E-state index contributed by atoms with van der Waals surface area (Å²) < 4.78 is 1.52. The molecule has 21 heavy (non-hydrogen) atoms. The molecule has 0 heterocycles. The second-order valence-electron chi connectivity index (χ2n) is 4.41. The number of aryl methyl sites for hydroxylation is 1. The number of carboxylic acid groups (broad SMARTS) is 1. The fourth-order valence-corrected chi connectivity index (χ4v) is 2.71. The Bertz CT molecular complexity index is 729. The fraction of sp³-hybridized carbons (Fsp3) is 0.0667. The maximum absolute atomic E-state index is 12.3. The number of hydrogen-bond acceptors (Lipinski definition) is 2. The van der Waals surface area contributed by atoms with Crippen molar-refractivity contribution < 1.29 is 14.7 Å². The van der Waals surface area contributed by atoms with Crippen LogP contribution in [0, 0.1) is 6.92 Å². The zero-order chi connectivity index (χ0) is 15.6. The third kappa shape index (κ3) is 3.71. The average Bonchev–Trinajstić information content (AvgIpc) is 2.40. The molecule has 0 spiro atoms. The number of carbonyl (C=O) groups is 2. The Kier molecular flexibility index (Phi) is 4.80. The van der Waals surface area contributed by atoms with Crippen molar-refractivity contribution in [1.82, 2.24) is 0 Å². The third-order valence-corrected chi connectivity index (χ3v) is 3.88. The van der Waals surface area contributed by atoms with Crippen molar-refractivity contribution in [1.29, 1.82) is 0 Å². The molecule has 0 aliphatic carbocycles. The van der Waals surface area contributed by atoms with Gasteiger partial charge in [-0.3, -0.25) is 4.79 Å². The van der Waals surface area contributed by atoms with Crippen LogP contribution >= 0.6 is 31.9 Å². The molecule has 6 heteroatoms. The zero-order valence-electron chi connectivity index (χ0n) is 11.0. The summed E-state index contributed by atoms with van der Waals surface area (Å²) in [5.41, 5.74) is 1.60. The van der Waals surface area contributed by atoms with E-state index >= 15 is 0 Å². The number of halogens is 2. The van der Waals surface area contributed by atoms with Crippen molar-refractivity contribution in [2.24, 2.45) is 0 Å². The number of anilines is 1.